The first-order valence-electron chi connectivity index (χ1n) is 6.74. The molecule has 0 aliphatic carbocycles. The number of aromatic nitrogens is 1. The lowest BCUT2D eigenvalue weighted by Gasteiger charge is -2.17. The quantitative estimate of drug-likeness (QED) is 0.889. The van der Waals surface area contributed by atoms with Crippen molar-refractivity contribution < 1.29 is 9.21 Å². The van der Waals surface area contributed by atoms with Crippen LogP contribution in [0.15, 0.2) is 28.8 Å². The smallest absolute Gasteiger partial charge is 0.251 e. The lowest BCUT2D eigenvalue weighted by atomic mass is 9.98. The Morgan fingerprint density at radius 2 is 2.35 bits per heavy atom. The standard InChI is InChI=1S/C15H17N3O2/c1-10-7-17-14(20-10)9-18-15(19)12-3-2-11-4-5-16-8-13(11)6-12/h2-3,6-7,16H,4-5,8-9H2,1H3,(H,18,19). The number of oxazole rings is 1. The molecule has 0 atom stereocenters. The van der Waals surface area contributed by atoms with E-state index in [0.717, 1.165) is 25.3 Å². The number of benzene rings is 1. The van der Waals surface area contributed by atoms with Gasteiger partial charge < -0.3 is 15.1 Å². The van der Waals surface area contributed by atoms with Gasteiger partial charge >= 0.3 is 0 Å². The summed E-state index contributed by atoms with van der Waals surface area (Å²) in [6, 6.07) is 5.87. The Balaban J connectivity index is 1.67. The topological polar surface area (TPSA) is 67.2 Å². The lowest BCUT2D eigenvalue weighted by Crippen LogP contribution is -2.26. The highest BCUT2D eigenvalue weighted by molar-refractivity contribution is 5.94. The summed E-state index contributed by atoms with van der Waals surface area (Å²) in [6.45, 7) is 3.97. The van der Waals surface area contributed by atoms with Crippen molar-refractivity contribution >= 4 is 5.91 Å². The van der Waals surface area contributed by atoms with Gasteiger partial charge in [-0.25, -0.2) is 4.98 Å². The summed E-state index contributed by atoms with van der Waals surface area (Å²) >= 11 is 0. The fourth-order valence-corrected chi connectivity index (χ4v) is 2.36. The second kappa shape index (κ2) is 5.46. The van der Waals surface area contributed by atoms with Gasteiger partial charge in [-0.3, -0.25) is 4.79 Å². The molecule has 0 bridgehead atoms. The van der Waals surface area contributed by atoms with Crippen molar-refractivity contribution in [1.29, 1.82) is 0 Å². The maximum absolute atomic E-state index is 12.1. The Morgan fingerprint density at radius 3 is 3.15 bits per heavy atom. The van der Waals surface area contributed by atoms with Crippen LogP contribution in [0.2, 0.25) is 0 Å². The summed E-state index contributed by atoms with van der Waals surface area (Å²) in [6.07, 6.45) is 2.67. The van der Waals surface area contributed by atoms with E-state index in [0.29, 0.717) is 18.0 Å². The zero-order chi connectivity index (χ0) is 13.9. The maximum atomic E-state index is 12.1. The highest BCUT2D eigenvalue weighted by Crippen LogP contribution is 2.16. The van der Waals surface area contributed by atoms with Gasteiger partial charge in [-0.1, -0.05) is 6.07 Å². The van der Waals surface area contributed by atoms with E-state index in [-0.39, 0.29) is 5.91 Å². The van der Waals surface area contributed by atoms with E-state index < -0.39 is 0 Å². The number of amides is 1. The minimum atomic E-state index is -0.103. The van der Waals surface area contributed by atoms with Gasteiger partial charge in [-0.2, -0.15) is 0 Å². The van der Waals surface area contributed by atoms with E-state index in [1.54, 1.807) is 6.20 Å². The number of aryl methyl sites for hydroxylation is 1. The first-order chi connectivity index (χ1) is 9.72. The lowest BCUT2D eigenvalue weighted by molar-refractivity contribution is 0.0947. The van der Waals surface area contributed by atoms with Crippen LogP contribution in [0, 0.1) is 6.92 Å². The van der Waals surface area contributed by atoms with Crippen molar-refractivity contribution in [3.63, 3.8) is 0 Å². The highest BCUT2D eigenvalue weighted by Gasteiger charge is 2.13. The van der Waals surface area contributed by atoms with Crippen LogP contribution < -0.4 is 10.6 Å². The van der Waals surface area contributed by atoms with Crippen LogP contribution >= 0.6 is 0 Å². The molecule has 0 radical (unpaired) electrons. The number of carbonyl (C=O) groups is 1. The molecule has 104 valence electrons. The highest BCUT2D eigenvalue weighted by atomic mass is 16.4. The van der Waals surface area contributed by atoms with Crippen LogP contribution in [0.5, 0.6) is 0 Å². The number of rotatable bonds is 3. The molecule has 3 rings (SSSR count). The molecule has 2 aromatic rings. The largest absolute Gasteiger partial charge is 0.444 e. The summed E-state index contributed by atoms with van der Waals surface area (Å²) < 4.78 is 5.32. The fourth-order valence-electron chi connectivity index (χ4n) is 2.36. The molecule has 0 fully saturated rings. The molecule has 1 aliphatic heterocycles. The van der Waals surface area contributed by atoms with E-state index >= 15 is 0 Å². The van der Waals surface area contributed by atoms with Gasteiger partial charge in [0.1, 0.15) is 5.76 Å². The molecular formula is C15H17N3O2. The Hall–Kier alpha value is -2.14. The number of hydrogen-bond acceptors (Lipinski definition) is 4. The Kier molecular flexibility index (Phi) is 3.52. The van der Waals surface area contributed by atoms with E-state index in [9.17, 15) is 4.79 Å². The van der Waals surface area contributed by atoms with Crippen LogP contribution in [0.25, 0.3) is 0 Å². The second-order valence-electron chi connectivity index (χ2n) is 4.96. The molecule has 20 heavy (non-hydrogen) atoms. The number of nitrogens with zero attached hydrogens (tertiary/aromatic N) is 1. The van der Waals surface area contributed by atoms with E-state index in [4.69, 9.17) is 4.42 Å². The third kappa shape index (κ3) is 2.72. The molecule has 0 saturated carbocycles. The minimum absolute atomic E-state index is 0.103. The molecule has 1 aromatic carbocycles. The average molecular weight is 271 g/mol. The monoisotopic (exact) mass is 271 g/mol. The average Bonchev–Trinajstić information content (AvgIpc) is 2.90. The van der Waals surface area contributed by atoms with Crippen LogP contribution in [0.3, 0.4) is 0 Å². The Labute approximate surface area is 117 Å². The summed E-state index contributed by atoms with van der Waals surface area (Å²) in [5.74, 6) is 1.17. The van der Waals surface area contributed by atoms with Gasteiger partial charge in [-0.05, 0) is 43.1 Å². The van der Waals surface area contributed by atoms with Crippen molar-refractivity contribution in [1.82, 2.24) is 15.6 Å². The van der Waals surface area contributed by atoms with E-state index in [1.807, 2.05) is 25.1 Å². The molecule has 2 heterocycles. The number of fused-ring (bicyclic) bond motifs is 1. The maximum Gasteiger partial charge on any atom is 0.251 e. The molecule has 1 aromatic heterocycles. The predicted octanol–water partition coefficient (Wildman–Crippen LogP) is 1.56. The summed E-state index contributed by atoms with van der Waals surface area (Å²) in [7, 11) is 0. The molecule has 0 saturated heterocycles. The van der Waals surface area contributed by atoms with Gasteiger partial charge in [0.05, 0.1) is 12.7 Å². The van der Waals surface area contributed by atoms with Crippen molar-refractivity contribution in [2.75, 3.05) is 6.54 Å². The van der Waals surface area contributed by atoms with Crippen molar-refractivity contribution in [2.24, 2.45) is 0 Å². The van der Waals surface area contributed by atoms with Gasteiger partial charge in [0.15, 0.2) is 0 Å². The van der Waals surface area contributed by atoms with Crippen LogP contribution in [-0.4, -0.2) is 17.4 Å². The van der Waals surface area contributed by atoms with Crippen LogP contribution in [0.4, 0.5) is 0 Å². The molecule has 2 N–H and O–H groups in total. The summed E-state index contributed by atoms with van der Waals surface area (Å²) in [5, 5.41) is 6.13. The predicted molar refractivity (Wildman–Crippen MR) is 74.3 cm³/mol. The summed E-state index contributed by atoms with van der Waals surface area (Å²) in [4.78, 5) is 16.2. The van der Waals surface area contributed by atoms with Gasteiger partial charge in [0.25, 0.3) is 5.91 Å². The summed E-state index contributed by atoms with van der Waals surface area (Å²) in [5.41, 5.74) is 3.20. The van der Waals surface area contributed by atoms with E-state index in [2.05, 4.69) is 15.6 Å². The van der Waals surface area contributed by atoms with Crippen LogP contribution in [-0.2, 0) is 19.5 Å². The molecular weight excluding hydrogens is 254 g/mol. The first kappa shape index (κ1) is 12.9. The second-order valence-corrected chi connectivity index (χ2v) is 4.96. The van der Waals surface area contributed by atoms with Gasteiger partial charge in [0, 0.05) is 12.1 Å². The zero-order valence-corrected chi connectivity index (χ0v) is 11.4. The third-order valence-electron chi connectivity index (χ3n) is 3.42. The molecule has 1 aliphatic rings. The van der Waals surface area contributed by atoms with Gasteiger partial charge in [-0.15, -0.1) is 0 Å². The molecule has 0 unspecified atom stereocenters. The van der Waals surface area contributed by atoms with Crippen molar-refractivity contribution in [3.05, 3.63) is 52.7 Å². The molecule has 1 amide bonds. The number of nitrogens with one attached hydrogen (secondary N) is 2. The normalized spacial score (nSPS) is 13.8. The fraction of sp³-hybridized carbons (Fsp3) is 0.333. The number of carbonyl (C=O) groups excluding carboxylic acids is 1. The first-order valence-corrected chi connectivity index (χ1v) is 6.74. The Morgan fingerprint density at radius 1 is 1.45 bits per heavy atom. The Bertz CT molecular complexity index is 634. The zero-order valence-electron chi connectivity index (χ0n) is 11.4. The number of hydrogen-bond donors (Lipinski definition) is 2. The SMILES string of the molecule is Cc1cnc(CNC(=O)c2ccc3c(c2)CNCC3)o1. The van der Waals surface area contributed by atoms with Crippen molar-refractivity contribution in [3.8, 4) is 0 Å². The minimum Gasteiger partial charge on any atom is -0.444 e. The van der Waals surface area contributed by atoms with E-state index in [1.165, 1.54) is 11.1 Å². The third-order valence-corrected chi connectivity index (χ3v) is 3.42. The van der Waals surface area contributed by atoms with Crippen LogP contribution in [0.1, 0.15) is 33.1 Å². The molecule has 5 heteroatoms. The molecule has 5 nitrogen and oxygen atoms in total. The van der Waals surface area contributed by atoms with Crippen molar-refractivity contribution in [2.45, 2.75) is 26.4 Å². The van der Waals surface area contributed by atoms with Gasteiger partial charge in [0.2, 0.25) is 5.89 Å². The molecule has 0 spiro atoms.